The lowest BCUT2D eigenvalue weighted by molar-refractivity contribution is 0.590. The van der Waals surface area contributed by atoms with E-state index in [0.717, 1.165) is 5.69 Å². The van der Waals surface area contributed by atoms with Crippen LogP contribution in [0.5, 0.6) is 0 Å². The molecular formula is C10H13FN2. The van der Waals surface area contributed by atoms with Crippen LogP contribution in [0.2, 0.25) is 0 Å². The highest BCUT2D eigenvalue weighted by Gasteiger charge is 2.56. The van der Waals surface area contributed by atoms with E-state index in [1.165, 1.54) is 12.3 Å². The van der Waals surface area contributed by atoms with Gasteiger partial charge in [0.1, 0.15) is 5.82 Å². The van der Waals surface area contributed by atoms with Crippen molar-refractivity contribution in [3.8, 4) is 0 Å². The maximum absolute atomic E-state index is 12.6. The first-order valence-corrected chi connectivity index (χ1v) is 4.40. The molecule has 1 aliphatic rings. The van der Waals surface area contributed by atoms with E-state index in [1.807, 2.05) is 0 Å². The van der Waals surface area contributed by atoms with Gasteiger partial charge in [0.15, 0.2) is 0 Å². The molecule has 0 saturated heterocycles. The van der Waals surface area contributed by atoms with Gasteiger partial charge in [0.2, 0.25) is 0 Å². The predicted molar refractivity (Wildman–Crippen MR) is 48.7 cm³/mol. The van der Waals surface area contributed by atoms with E-state index >= 15 is 0 Å². The molecule has 2 atom stereocenters. The van der Waals surface area contributed by atoms with Gasteiger partial charge in [0.05, 0.1) is 6.20 Å². The van der Waals surface area contributed by atoms with Crippen LogP contribution in [0.4, 0.5) is 4.39 Å². The molecule has 1 heterocycles. The highest BCUT2D eigenvalue weighted by atomic mass is 19.1. The summed E-state index contributed by atoms with van der Waals surface area (Å²) in [7, 11) is 0. The third-order valence-electron chi connectivity index (χ3n) is 2.98. The van der Waals surface area contributed by atoms with Crippen LogP contribution in [-0.4, -0.2) is 11.0 Å². The topological polar surface area (TPSA) is 38.9 Å². The molecule has 70 valence electrons. The Morgan fingerprint density at radius 2 is 2.08 bits per heavy atom. The van der Waals surface area contributed by atoms with Gasteiger partial charge in [-0.05, 0) is 17.5 Å². The summed E-state index contributed by atoms with van der Waals surface area (Å²) in [6.45, 7) is 4.21. The average molecular weight is 180 g/mol. The number of hydrogen-bond acceptors (Lipinski definition) is 2. The van der Waals surface area contributed by atoms with E-state index in [-0.39, 0.29) is 23.2 Å². The summed E-state index contributed by atoms with van der Waals surface area (Å²) < 4.78 is 12.6. The van der Waals surface area contributed by atoms with Crippen molar-refractivity contribution >= 4 is 0 Å². The van der Waals surface area contributed by atoms with Crippen LogP contribution >= 0.6 is 0 Å². The fourth-order valence-corrected chi connectivity index (χ4v) is 1.81. The quantitative estimate of drug-likeness (QED) is 0.714. The molecule has 1 aromatic rings. The van der Waals surface area contributed by atoms with Crippen molar-refractivity contribution in [2.45, 2.75) is 25.8 Å². The average Bonchev–Trinajstić information content (AvgIpc) is 2.55. The maximum Gasteiger partial charge on any atom is 0.141 e. The predicted octanol–water partition coefficient (Wildman–Crippen LogP) is 1.67. The number of rotatable bonds is 1. The van der Waals surface area contributed by atoms with Crippen LogP contribution < -0.4 is 5.73 Å². The third kappa shape index (κ3) is 1.23. The van der Waals surface area contributed by atoms with Crippen molar-refractivity contribution in [2.75, 3.05) is 0 Å². The van der Waals surface area contributed by atoms with Gasteiger partial charge in [-0.25, -0.2) is 4.39 Å². The monoisotopic (exact) mass is 180 g/mol. The largest absolute Gasteiger partial charge is 0.327 e. The number of nitrogens with two attached hydrogens (primary N) is 1. The van der Waals surface area contributed by atoms with Crippen molar-refractivity contribution in [1.29, 1.82) is 0 Å². The fraction of sp³-hybridized carbons (Fsp3) is 0.500. The zero-order valence-electron chi connectivity index (χ0n) is 7.79. The van der Waals surface area contributed by atoms with Crippen LogP contribution in [0, 0.1) is 11.2 Å². The smallest absolute Gasteiger partial charge is 0.141 e. The van der Waals surface area contributed by atoms with Gasteiger partial charge in [-0.15, -0.1) is 0 Å². The minimum Gasteiger partial charge on any atom is -0.327 e. The van der Waals surface area contributed by atoms with Crippen molar-refractivity contribution in [3.63, 3.8) is 0 Å². The molecule has 13 heavy (non-hydrogen) atoms. The van der Waals surface area contributed by atoms with E-state index in [1.54, 1.807) is 6.07 Å². The second kappa shape index (κ2) is 2.51. The highest BCUT2D eigenvalue weighted by molar-refractivity contribution is 5.28. The molecule has 2 rings (SSSR count). The molecule has 0 aliphatic heterocycles. The van der Waals surface area contributed by atoms with Crippen molar-refractivity contribution in [3.05, 3.63) is 29.8 Å². The van der Waals surface area contributed by atoms with E-state index < -0.39 is 0 Å². The van der Waals surface area contributed by atoms with Crippen LogP contribution in [-0.2, 0) is 0 Å². The summed E-state index contributed by atoms with van der Waals surface area (Å²) in [4.78, 5) is 4.03. The molecule has 2 N–H and O–H groups in total. The SMILES string of the molecule is CC1(C)[C@@H](N)[C@@H]1c1ccc(F)cn1. The lowest BCUT2D eigenvalue weighted by Crippen LogP contribution is -2.06. The van der Waals surface area contributed by atoms with Gasteiger partial charge in [-0.3, -0.25) is 4.98 Å². The molecule has 1 aliphatic carbocycles. The molecule has 0 unspecified atom stereocenters. The summed E-state index contributed by atoms with van der Waals surface area (Å²) in [6.07, 6.45) is 1.25. The van der Waals surface area contributed by atoms with Gasteiger partial charge >= 0.3 is 0 Å². The van der Waals surface area contributed by atoms with Gasteiger partial charge < -0.3 is 5.73 Å². The lowest BCUT2D eigenvalue weighted by Gasteiger charge is -2.00. The first kappa shape index (κ1) is 8.63. The van der Waals surface area contributed by atoms with E-state index in [0.29, 0.717) is 0 Å². The molecule has 0 amide bonds. The Morgan fingerprint density at radius 3 is 2.46 bits per heavy atom. The molecule has 1 fully saturated rings. The molecule has 1 aromatic heterocycles. The summed E-state index contributed by atoms with van der Waals surface area (Å²) in [5.41, 5.74) is 6.90. The van der Waals surface area contributed by atoms with E-state index in [2.05, 4.69) is 18.8 Å². The standard InChI is InChI=1S/C10H13FN2/c1-10(2)8(9(10)12)7-4-3-6(11)5-13-7/h3-5,8-9H,12H2,1-2H3/t8-,9-/m0/s1. The summed E-state index contributed by atoms with van der Waals surface area (Å²) in [6, 6.07) is 3.31. The number of pyridine rings is 1. The fourth-order valence-electron chi connectivity index (χ4n) is 1.81. The summed E-state index contributed by atoms with van der Waals surface area (Å²) in [5.74, 6) is -0.0103. The Kier molecular flexibility index (Phi) is 1.67. The van der Waals surface area contributed by atoms with Crippen molar-refractivity contribution in [1.82, 2.24) is 4.98 Å². The molecule has 0 aromatic carbocycles. The van der Waals surface area contributed by atoms with Gasteiger partial charge in [-0.2, -0.15) is 0 Å². The maximum atomic E-state index is 12.6. The highest BCUT2D eigenvalue weighted by Crippen LogP contribution is 2.56. The lowest BCUT2D eigenvalue weighted by atomic mass is 10.1. The van der Waals surface area contributed by atoms with Crippen LogP contribution in [0.1, 0.15) is 25.5 Å². The Morgan fingerprint density at radius 1 is 1.46 bits per heavy atom. The van der Waals surface area contributed by atoms with E-state index in [4.69, 9.17) is 5.73 Å². The van der Waals surface area contributed by atoms with Gasteiger partial charge in [0, 0.05) is 17.7 Å². The number of nitrogens with zero attached hydrogens (tertiary/aromatic N) is 1. The molecule has 0 spiro atoms. The summed E-state index contributed by atoms with van der Waals surface area (Å²) in [5, 5.41) is 0. The number of aromatic nitrogens is 1. The van der Waals surface area contributed by atoms with Crippen LogP contribution in [0.15, 0.2) is 18.3 Å². The molecule has 2 nitrogen and oxygen atoms in total. The Labute approximate surface area is 77.0 Å². The van der Waals surface area contributed by atoms with Crippen molar-refractivity contribution in [2.24, 2.45) is 11.1 Å². The number of halogens is 1. The third-order valence-corrected chi connectivity index (χ3v) is 2.98. The van der Waals surface area contributed by atoms with Crippen molar-refractivity contribution < 1.29 is 4.39 Å². The minimum atomic E-state index is -0.296. The normalized spacial score (nSPS) is 30.2. The van der Waals surface area contributed by atoms with E-state index in [9.17, 15) is 4.39 Å². The Hall–Kier alpha value is -0.960. The zero-order valence-corrected chi connectivity index (χ0v) is 7.79. The van der Waals surface area contributed by atoms with Gasteiger partial charge in [-0.1, -0.05) is 13.8 Å². The Balaban J connectivity index is 2.25. The minimum absolute atomic E-state index is 0.116. The second-order valence-electron chi connectivity index (χ2n) is 4.23. The first-order valence-electron chi connectivity index (χ1n) is 4.40. The molecule has 1 saturated carbocycles. The Bertz CT molecular complexity index is 318. The molecular weight excluding hydrogens is 167 g/mol. The zero-order chi connectivity index (χ0) is 9.64. The molecule has 0 bridgehead atoms. The molecule has 0 radical (unpaired) electrons. The summed E-state index contributed by atoms with van der Waals surface area (Å²) >= 11 is 0. The van der Waals surface area contributed by atoms with Gasteiger partial charge in [0.25, 0.3) is 0 Å². The van der Waals surface area contributed by atoms with Crippen LogP contribution in [0.25, 0.3) is 0 Å². The molecule has 3 heteroatoms. The number of hydrogen-bond donors (Lipinski definition) is 1. The first-order chi connectivity index (χ1) is 6.03. The second-order valence-corrected chi connectivity index (χ2v) is 4.23. The van der Waals surface area contributed by atoms with Crippen LogP contribution in [0.3, 0.4) is 0 Å².